The van der Waals surface area contributed by atoms with Crippen LogP contribution in [0.25, 0.3) is 261 Å². The molecule has 0 N–H and O–H groups in total. The quantitative estimate of drug-likeness (QED) is 0.0768. The molecule has 0 nitrogen and oxygen atoms in total. The summed E-state index contributed by atoms with van der Waals surface area (Å²) in [6, 6.07) is 190. The monoisotopic (exact) mass is 1900 g/mol. The van der Waals surface area contributed by atoms with Gasteiger partial charge in [-0.2, -0.15) is 0 Å². The van der Waals surface area contributed by atoms with Gasteiger partial charge in [-0.3, -0.25) is 0 Å². The van der Waals surface area contributed by atoms with Crippen molar-refractivity contribution in [2.45, 2.75) is 72.0 Å². The van der Waals surface area contributed by atoms with Crippen LogP contribution in [-0.2, 0) is 10.8 Å². The Morgan fingerprint density at radius 2 is 0.351 bits per heavy atom. The van der Waals surface area contributed by atoms with Gasteiger partial charge in [0, 0.05) is 0 Å². The first-order chi connectivity index (χ1) is 72.3. The van der Waals surface area contributed by atoms with Gasteiger partial charge in [0.1, 0.15) is 0 Å². The van der Waals surface area contributed by atoms with Crippen LogP contribution in [0, 0.1) is 0 Å². The Morgan fingerprint density at radius 1 is 0.128 bits per heavy atom. The molecule has 0 aliphatic carbocycles. The van der Waals surface area contributed by atoms with Gasteiger partial charge in [0.15, 0.2) is 0 Å². The van der Waals surface area contributed by atoms with E-state index in [4.69, 9.17) is 0 Å². The fourth-order valence-electron chi connectivity index (χ4n) is 23.5. The van der Waals surface area contributed by atoms with E-state index in [1.54, 1.807) is 0 Å². The number of benzene rings is 28. The summed E-state index contributed by atoms with van der Waals surface area (Å²) < 4.78 is 0. The van der Waals surface area contributed by atoms with Crippen LogP contribution in [0.5, 0.6) is 0 Å². The maximum Gasteiger partial charge on any atom is 0.0776 e. The molecular weight excluding hydrogens is 1790 g/mol. The molecule has 0 spiro atoms. The fraction of sp³-hybridized carbons (Fsp3) is 0.0748. The fourth-order valence-corrected chi connectivity index (χ4v) is 24.6. The van der Waals surface area contributed by atoms with Gasteiger partial charge in [0.05, 0.1) is 8.07 Å². The second kappa shape index (κ2) is 37.6. The summed E-state index contributed by atoms with van der Waals surface area (Å²) in [5.41, 5.74) is 23.5. The molecule has 0 radical (unpaired) electrons. The van der Waals surface area contributed by atoms with Crippen molar-refractivity contribution in [2.75, 3.05) is 0 Å². The van der Waals surface area contributed by atoms with Crippen LogP contribution in [0.15, 0.2) is 516 Å². The van der Waals surface area contributed by atoms with Crippen molar-refractivity contribution in [1.82, 2.24) is 0 Å². The van der Waals surface area contributed by atoms with Crippen molar-refractivity contribution < 1.29 is 0 Å². The summed E-state index contributed by atoms with van der Waals surface area (Å²) in [6.07, 6.45) is 0. The van der Waals surface area contributed by atoms with Crippen molar-refractivity contribution in [2.24, 2.45) is 0 Å². The summed E-state index contributed by atoms with van der Waals surface area (Å²) >= 11 is 0. The zero-order chi connectivity index (χ0) is 100. The SMILES string of the molecule is CC(C)(C)c1ccc2c(-c3ccc4ccccc4c3)c3ccccc3c(-c3ccc4ccccc4c3)c2c1.CC(C)(C)c1ccc2c(-c3ccc4ccccc4c3)c3ccccc3c(-c3ccccc3)c2c1.C[Si](C)(C)c1ccc2c(-c3ccc4ccccc4c3)c3ccccc3c(-c3ccccc3)c2c1.c1ccc2cc(-c3c4ccccc4c(-c4cc5cc6ccccc6cc5c5ccccc45)c4ccccc34)ccc2c1. The molecule has 0 fully saturated rings. The summed E-state index contributed by atoms with van der Waals surface area (Å²) in [4.78, 5) is 0. The summed E-state index contributed by atoms with van der Waals surface area (Å²) in [6.45, 7) is 21.1. The molecule has 1 heteroatoms. The maximum atomic E-state index is 2.49. The van der Waals surface area contributed by atoms with Gasteiger partial charge in [-0.25, -0.2) is 0 Å². The molecule has 28 aromatic carbocycles. The highest BCUT2D eigenvalue weighted by molar-refractivity contribution is 6.88. The van der Waals surface area contributed by atoms with E-state index in [2.05, 4.69) is 577 Å². The highest BCUT2D eigenvalue weighted by atomic mass is 28.3. The third kappa shape index (κ3) is 16.8. The van der Waals surface area contributed by atoms with E-state index in [0.29, 0.717) is 0 Å². The molecule has 28 rings (SSSR count). The molecule has 148 heavy (non-hydrogen) atoms. The molecular formula is C147H112Si. The average molecular weight is 1910 g/mol. The smallest absolute Gasteiger partial charge is 0.0656 e. The van der Waals surface area contributed by atoms with Crippen molar-refractivity contribution >= 4 is 186 Å². The van der Waals surface area contributed by atoms with Crippen LogP contribution in [0.4, 0.5) is 0 Å². The first-order valence-electron chi connectivity index (χ1n) is 52.1. The zero-order valence-electron chi connectivity index (χ0n) is 85.1. The second-order valence-corrected chi connectivity index (χ2v) is 48.3. The Hall–Kier alpha value is -17.5. The molecule has 28 aromatic rings. The number of hydrogen-bond donors (Lipinski definition) is 0. The van der Waals surface area contributed by atoms with E-state index in [1.807, 2.05) is 0 Å². The number of rotatable bonds is 9. The lowest BCUT2D eigenvalue weighted by Gasteiger charge is -2.23. The lowest BCUT2D eigenvalue weighted by atomic mass is 9.81. The van der Waals surface area contributed by atoms with E-state index >= 15 is 0 Å². The van der Waals surface area contributed by atoms with Crippen molar-refractivity contribution in [3.8, 4) is 89.0 Å². The highest BCUT2D eigenvalue weighted by Crippen LogP contribution is 2.53. The van der Waals surface area contributed by atoms with E-state index in [0.717, 1.165) is 0 Å². The Balaban J connectivity index is 0.000000103. The van der Waals surface area contributed by atoms with Gasteiger partial charge in [-0.1, -0.05) is 521 Å². The summed E-state index contributed by atoms with van der Waals surface area (Å²) in [7, 11) is -1.47. The molecule has 0 amide bonds. The standard InChI is InChI=1S/C42H26.C38H30.C34H28.C33H28Si/c1-2-12-28-23-31(22-21-27(28)11-1)41-35-17-7-9-19-37(35)42(38-20-10-8-18-36(38)41)40-26-32-24-29-13-3-4-14-30(29)25-39(32)33-15-5-6-16-34(33)40;1-38(2,3)31-20-21-34-35(24-31)37(30-19-17-26-11-5-7-13-28(26)23-30)33-15-9-8-14-32(33)36(34)29-18-16-25-10-4-6-12-27(25)22-29;2*1-34(2,3)27-19-20-30-31(22-27)32(24-12-5-4-6-13-24)28-15-9-10-16-29(28)33(30)26-18-17-23-11-7-8-14-25(23)21-26/h1-26H;4-24H,1-3H3;2*4-22H,1-3H3. The van der Waals surface area contributed by atoms with Crippen LogP contribution in [0.1, 0.15) is 52.7 Å². The Labute approximate surface area is 866 Å². The minimum atomic E-state index is -1.47. The van der Waals surface area contributed by atoms with Gasteiger partial charge in [-0.05, 0) is 344 Å². The van der Waals surface area contributed by atoms with Gasteiger partial charge in [-0.15, -0.1) is 0 Å². The van der Waals surface area contributed by atoms with Crippen LogP contribution in [0.2, 0.25) is 19.6 Å². The number of fused-ring (bicyclic) bond motifs is 17. The molecule has 0 unspecified atom stereocenters. The van der Waals surface area contributed by atoms with Gasteiger partial charge in [0.25, 0.3) is 0 Å². The largest absolute Gasteiger partial charge is 0.0776 e. The Kier molecular flexibility index (Phi) is 23.3. The van der Waals surface area contributed by atoms with Crippen molar-refractivity contribution in [3.63, 3.8) is 0 Å². The Morgan fingerprint density at radius 3 is 0.649 bits per heavy atom. The molecule has 0 aromatic heterocycles. The van der Waals surface area contributed by atoms with Crippen LogP contribution >= 0.6 is 0 Å². The van der Waals surface area contributed by atoms with Crippen LogP contribution in [0.3, 0.4) is 0 Å². The minimum Gasteiger partial charge on any atom is -0.0656 e. The molecule has 704 valence electrons. The van der Waals surface area contributed by atoms with E-state index < -0.39 is 8.07 Å². The summed E-state index contributed by atoms with van der Waals surface area (Å²) in [5.74, 6) is 0. The molecule has 0 bridgehead atoms. The van der Waals surface area contributed by atoms with E-state index in [1.165, 1.54) is 278 Å². The normalized spacial score (nSPS) is 12.0. The van der Waals surface area contributed by atoms with Gasteiger partial charge in [0.2, 0.25) is 0 Å². The predicted octanol–water partition coefficient (Wildman–Crippen LogP) is 41.7. The molecule has 0 aliphatic rings. The van der Waals surface area contributed by atoms with Crippen molar-refractivity contribution in [1.29, 1.82) is 0 Å². The van der Waals surface area contributed by atoms with E-state index in [-0.39, 0.29) is 10.8 Å². The lowest BCUT2D eigenvalue weighted by Crippen LogP contribution is -2.37. The lowest BCUT2D eigenvalue weighted by molar-refractivity contribution is 0.591. The topological polar surface area (TPSA) is 0 Å². The van der Waals surface area contributed by atoms with Crippen LogP contribution in [-0.4, -0.2) is 8.07 Å². The van der Waals surface area contributed by atoms with Crippen molar-refractivity contribution in [3.05, 3.63) is 527 Å². The maximum absolute atomic E-state index is 2.49. The molecule has 0 heterocycles. The number of hydrogen-bond acceptors (Lipinski definition) is 0. The highest BCUT2D eigenvalue weighted by Gasteiger charge is 2.28. The minimum absolute atomic E-state index is 0.0591. The third-order valence-electron chi connectivity index (χ3n) is 30.9. The van der Waals surface area contributed by atoms with E-state index in [9.17, 15) is 0 Å². The molecule has 0 aliphatic heterocycles. The molecule has 0 saturated heterocycles. The predicted molar refractivity (Wildman–Crippen MR) is 650 cm³/mol. The summed E-state index contributed by atoms with van der Waals surface area (Å²) in [5, 5.41) is 42.8. The van der Waals surface area contributed by atoms with Gasteiger partial charge < -0.3 is 0 Å². The van der Waals surface area contributed by atoms with Gasteiger partial charge >= 0.3 is 0 Å². The zero-order valence-corrected chi connectivity index (χ0v) is 86.1. The van der Waals surface area contributed by atoms with Crippen LogP contribution < -0.4 is 5.19 Å². The molecule has 0 atom stereocenters. The first kappa shape index (κ1) is 91.7. The second-order valence-electron chi connectivity index (χ2n) is 43.2. The Bertz CT molecular complexity index is 9850. The molecule has 0 saturated carbocycles. The first-order valence-corrected chi connectivity index (χ1v) is 55.6. The third-order valence-corrected chi connectivity index (χ3v) is 33.0. The average Bonchev–Trinajstić information content (AvgIpc) is 0.862.